The summed E-state index contributed by atoms with van der Waals surface area (Å²) in [6.07, 6.45) is 5.33. The van der Waals surface area contributed by atoms with Gasteiger partial charge >= 0.3 is 0 Å². The SMILES string of the molecule is OC1(C(CN2CCNCC2)c2cccc(-c3ccc(Cl)cc3)c2)CCCCC1. The monoisotopic (exact) mass is 398 g/mol. The lowest BCUT2D eigenvalue weighted by atomic mass is 9.72. The molecule has 1 saturated carbocycles. The summed E-state index contributed by atoms with van der Waals surface area (Å²) in [5.41, 5.74) is 3.03. The van der Waals surface area contributed by atoms with E-state index in [1.165, 1.54) is 23.1 Å². The minimum Gasteiger partial charge on any atom is -0.389 e. The van der Waals surface area contributed by atoms with E-state index in [9.17, 15) is 5.11 Å². The number of halogens is 1. The maximum absolute atomic E-state index is 11.7. The van der Waals surface area contributed by atoms with E-state index in [0.29, 0.717) is 0 Å². The Morgan fingerprint density at radius 1 is 0.964 bits per heavy atom. The van der Waals surface area contributed by atoms with Gasteiger partial charge in [0, 0.05) is 43.7 Å². The van der Waals surface area contributed by atoms with Crippen molar-refractivity contribution in [3.8, 4) is 11.1 Å². The smallest absolute Gasteiger partial charge is 0.0728 e. The molecule has 2 fully saturated rings. The van der Waals surface area contributed by atoms with Crippen LogP contribution in [0, 0.1) is 0 Å². The Morgan fingerprint density at radius 2 is 1.68 bits per heavy atom. The van der Waals surface area contributed by atoms with Gasteiger partial charge in [0.05, 0.1) is 5.60 Å². The zero-order chi connectivity index (χ0) is 19.4. The zero-order valence-corrected chi connectivity index (χ0v) is 17.3. The van der Waals surface area contributed by atoms with E-state index in [2.05, 4.69) is 46.6 Å². The predicted molar refractivity (Wildman–Crippen MR) is 117 cm³/mol. The Morgan fingerprint density at radius 3 is 2.39 bits per heavy atom. The molecule has 150 valence electrons. The molecule has 3 nitrogen and oxygen atoms in total. The third kappa shape index (κ3) is 4.60. The van der Waals surface area contributed by atoms with Crippen LogP contribution in [0.4, 0.5) is 0 Å². The maximum atomic E-state index is 11.7. The first kappa shape index (κ1) is 19.9. The summed E-state index contributed by atoms with van der Waals surface area (Å²) in [4.78, 5) is 2.52. The van der Waals surface area contributed by atoms with Crippen LogP contribution in [0.1, 0.15) is 43.6 Å². The van der Waals surface area contributed by atoms with Gasteiger partial charge < -0.3 is 15.3 Å². The Hall–Kier alpha value is -1.39. The molecule has 1 unspecified atom stereocenters. The summed E-state index contributed by atoms with van der Waals surface area (Å²) < 4.78 is 0. The van der Waals surface area contributed by atoms with Gasteiger partial charge in [-0.2, -0.15) is 0 Å². The van der Waals surface area contributed by atoms with Crippen LogP contribution in [0.15, 0.2) is 48.5 Å². The minimum absolute atomic E-state index is 0.151. The van der Waals surface area contributed by atoms with Crippen molar-refractivity contribution in [2.75, 3.05) is 32.7 Å². The first-order valence-electron chi connectivity index (χ1n) is 10.7. The number of rotatable bonds is 5. The van der Waals surface area contributed by atoms with Gasteiger partial charge in [0.2, 0.25) is 0 Å². The highest BCUT2D eigenvalue weighted by Crippen LogP contribution is 2.41. The number of hydrogen-bond acceptors (Lipinski definition) is 3. The zero-order valence-electron chi connectivity index (χ0n) is 16.5. The highest BCUT2D eigenvalue weighted by molar-refractivity contribution is 6.30. The second-order valence-corrected chi connectivity index (χ2v) is 8.84. The third-order valence-electron chi connectivity index (χ3n) is 6.48. The van der Waals surface area contributed by atoms with Crippen LogP contribution < -0.4 is 5.32 Å². The van der Waals surface area contributed by atoms with Crippen molar-refractivity contribution in [3.05, 3.63) is 59.1 Å². The molecule has 2 aliphatic rings. The lowest BCUT2D eigenvalue weighted by Crippen LogP contribution is -2.49. The van der Waals surface area contributed by atoms with E-state index in [4.69, 9.17) is 11.6 Å². The molecule has 2 aromatic carbocycles. The number of nitrogens with zero attached hydrogens (tertiary/aromatic N) is 1. The van der Waals surface area contributed by atoms with Gasteiger partial charge in [-0.1, -0.05) is 67.3 Å². The average Bonchev–Trinajstić information content (AvgIpc) is 2.74. The van der Waals surface area contributed by atoms with E-state index >= 15 is 0 Å². The fourth-order valence-corrected chi connectivity index (χ4v) is 4.95. The standard InChI is InChI=1S/C24H31ClN2O/c25-22-9-7-19(8-10-22)20-5-4-6-21(17-20)23(18-27-15-13-26-14-16-27)24(28)11-2-1-3-12-24/h4-10,17,23,26,28H,1-3,11-16,18H2. The molecule has 1 saturated heterocycles. The van der Waals surface area contributed by atoms with Gasteiger partial charge in [0.25, 0.3) is 0 Å². The molecule has 0 bridgehead atoms. The van der Waals surface area contributed by atoms with E-state index < -0.39 is 5.60 Å². The second-order valence-electron chi connectivity index (χ2n) is 8.40. The molecule has 4 heteroatoms. The van der Waals surface area contributed by atoms with Gasteiger partial charge in [0.15, 0.2) is 0 Å². The summed E-state index contributed by atoms with van der Waals surface area (Å²) in [6, 6.07) is 16.8. The van der Waals surface area contributed by atoms with E-state index in [1.807, 2.05) is 12.1 Å². The molecule has 1 heterocycles. The van der Waals surface area contributed by atoms with Gasteiger partial charge in [0.1, 0.15) is 0 Å². The van der Waals surface area contributed by atoms with Crippen LogP contribution in [-0.4, -0.2) is 48.3 Å². The fraction of sp³-hybridized carbons (Fsp3) is 0.500. The van der Waals surface area contributed by atoms with Gasteiger partial charge in [-0.25, -0.2) is 0 Å². The summed E-state index contributed by atoms with van der Waals surface area (Å²) in [5, 5.41) is 15.8. The van der Waals surface area contributed by atoms with Gasteiger partial charge in [-0.05, 0) is 41.7 Å². The Kier molecular flexibility index (Phi) is 6.37. The van der Waals surface area contributed by atoms with Crippen LogP contribution in [0.3, 0.4) is 0 Å². The third-order valence-corrected chi connectivity index (χ3v) is 6.74. The Balaban J connectivity index is 1.65. The molecule has 2 aromatic rings. The van der Waals surface area contributed by atoms with Crippen molar-refractivity contribution >= 4 is 11.6 Å². The molecule has 1 atom stereocenters. The van der Waals surface area contributed by atoms with Crippen molar-refractivity contribution in [2.45, 2.75) is 43.6 Å². The highest BCUT2D eigenvalue weighted by Gasteiger charge is 2.39. The largest absolute Gasteiger partial charge is 0.389 e. The van der Waals surface area contributed by atoms with E-state index in [-0.39, 0.29) is 5.92 Å². The summed E-state index contributed by atoms with van der Waals surface area (Å²) in [5.74, 6) is 0.151. The summed E-state index contributed by atoms with van der Waals surface area (Å²) >= 11 is 6.07. The molecule has 0 amide bonds. The lowest BCUT2D eigenvalue weighted by molar-refractivity contribution is -0.0316. The minimum atomic E-state index is -0.595. The number of piperazine rings is 1. The van der Waals surface area contributed by atoms with Crippen LogP contribution in [0.25, 0.3) is 11.1 Å². The first-order valence-corrected chi connectivity index (χ1v) is 11.0. The van der Waals surface area contributed by atoms with Crippen LogP contribution >= 0.6 is 11.6 Å². The molecule has 0 aromatic heterocycles. The molecule has 0 spiro atoms. The number of nitrogens with one attached hydrogen (secondary N) is 1. The van der Waals surface area contributed by atoms with Crippen molar-refractivity contribution in [1.82, 2.24) is 10.2 Å². The normalized spacial score (nSPS) is 21.4. The Labute approximate surface area is 173 Å². The number of benzene rings is 2. The fourth-order valence-electron chi connectivity index (χ4n) is 4.83. The quantitative estimate of drug-likeness (QED) is 0.766. The van der Waals surface area contributed by atoms with E-state index in [1.54, 1.807) is 0 Å². The summed E-state index contributed by atoms with van der Waals surface area (Å²) in [6.45, 7) is 5.13. The molecule has 1 aliphatic heterocycles. The summed E-state index contributed by atoms with van der Waals surface area (Å²) in [7, 11) is 0. The number of aliphatic hydroxyl groups is 1. The van der Waals surface area contributed by atoms with Crippen LogP contribution in [-0.2, 0) is 0 Å². The van der Waals surface area contributed by atoms with E-state index in [0.717, 1.165) is 63.4 Å². The molecular formula is C24H31ClN2O. The first-order chi connectivity index (χ1) is 13.6. The molecule has 1 aliphatic carbocycles. The predicted octanol–water partition coefficient (Wildman–Crippen LogP) is 4.69. The van der Waals surface area contributed by atoms with Crippen molar-refractivity contribution in [2.24, 2.45) is 0 Å². The number of hydrogen-bond donors (Lipinski definition) is 2. The lowest BCUT2D eigenvalue weighted by Gasteiger charge is -2.42. The van der Waals surface area contributed by atoms with Gasteiger partial charge in [-0.15, -0.1) is 0 Å². The maximum Gasteiger partial charge on any atom is 0.0728 e. The molecule has 28 heavy (non-hydrogen) atoms. The average molecular weight is 399 g/mol. The molecule has 2 N–H and O–H groups in total. The molecule has 0 radical (unpaired) electrons. The molecule has 4 rings (SSSR count). The molecular weight excluding hydrogens is 368 g/mol. The van der Waals surface area contributed by atoms with Crippen molar-refractivity contribution < 1.29 is 5.11 Å². The van der Waals surface area contributed by atoms with Crippen LogP contribution in [0.5, 0.6) is 0 Å². The second kappa shape index (κ2) is 8.96. The van der Waals surface area contributed by atoms with Crippen LogP contribution in [0.2, 0.25) is 5.02 Å². The van der Waals surface area contributed by atoms with Crippen molar-refractivity contribution in [1.29, 1.82) is 0 Å². The Bertz CT molecular complexity index is 764. The topological polar surface area (TPSA) is 35.5 Å². The highest BCUT2D eigenvalue weighted by atomic mass is 35.5. The van der Waals surface area contributed by atoms with Crippen molar-refractivity contribution in [3.63, 3.8) is 0 Å². The van der Waals surface area contributed by atoms with Gasteiger partial charge in [-0.3, -0.25) is 0 Å².